The molecule has 3 aromatic rings. The summed E-state index contributed by atoms with van der Waals surface area (Å²) in [6, 6.07) is 13.9. The highest BCUT2D eigenvalue weighted by molar-refractivity contribution is 5.79. The zero-order chi connectivity index (χ0) is 26.4. The minimum absolute atomic E-state index is 0.135. The van der Waals surface area contributed by atoms with Gasteiger partial charge in [-0.25, -0.2) is 4.39 Å². The molecule has 0 unspecified atom stereocenters. The number of halogens is 1. The number of hydrogen-bond acceptors (Lipinski definition) is 8. The molecule has 1 fully saturated rings. The summed E-state index contributed by atoms with van der Waals surface area (Å²) in [5.74, 6) is 1.26. The standard InChI is InChI=1S/C29H28FNO7/c1-33-23-8-16(9-24(34-2)28(23)35-3)25-18-10-21-22(38-14-37-21)11-19(18)27(20-13-36-29(32)26(20)25)31-12-15-4-6-17(30)7-5-15/h4-11,20,25-27,31H,12-14H2,1-3H3/t20-,25+,26-,27+/m0/s1. The molecule has 2 heterocycles. The largest absolute Gasteiger partial charge is 0.493 e. The summed E-state index contributed by atoms with van der Waals surface area (Å²) in [5.41, 5.74) is 3.70. The molecule has 0 amide bonds. The summed E-state index contributed by atoms with van der Waals surface area (Å²) in [4.78, 5) is 13.3. The number of nitrogens with one attached hydrogen (secondary N) is 1. The highest BCUT2D eigenvalue weighted by atomic mass is 19.1. The van der Waals surface area contributed by atoms with Crippen molar-refractivity contribution in [3.63, 3.8) is 0 Å². The second-order valence-electron chi connectivity index (χ2n) is 9.58. The van der Waals surface area contributed by atoms with E-state index in [1.54, 1.807) is 33.5 Å². The molecule has 2 aliphatic heterocycles. The molecule has 0 bridgehead atoms. The van der Waals surface area contributed by atoms with E-state index in [1.165, 1.54) is 12.1 Å². The average molecular weight is 522 g/mol. The fraction of sp³-hybridized carbons (Fsp3) is 0.345. The molecule has 0 aromatic heterocycles. The quantitative estimate of drug-likeness (QED) is 0.460. The van der Waals surface area contributed by atoms with Crippen LogP contribution in [0.25, 0.3) is 0 Å². The van der Waals surface area contributed by atoms with Crippen LogP contribution in [0.3, 0.4) is 0 Å². The molecular weight excluding hydrogens is 493 g/mol. The SMILES string of the molecule is COc1cc([C@@H]2c3cc4c(cc3[C@@H](NCc3ccc(F)cc3)[C@H]3COC(=O)[C@H]23)OCO4)cc(OC)c1OC. The van der Waals surface area contributed by atoms with Crippen LogP contribution in [0.4, 0.5) is 4.39 Å². The summed E-state index contributed by atoms with van der Waals surface area (Å²) in [6.45, 7) is 0.903. The molecule has 4 atom stereocenters. The van der Waals surface area contributed by atoms with Crippen molar-refractivity contribution >= 4 is 5.97 Å². The Kier molecular flexibility index (Phi) is 6.23. The number of hydrogen-bond donors (Lipinski definition) is 1. The number of rotatable bonds is 7. The monoisotopic (exact) mass is 521 g/mol. The predicted molar refractivity (Wildman–Crippen MR) is 134 cm³/mol. The van der Waals surface area contributed by atoms with Gasteiger partial charge in [0.2, 0.25) is 12.5 Å². The highest BCUT2D eigenvalue weighted by Crippen LogP contribution is 2.55. The third-order valence-electron chi connectivity index (χ3n) is 7.67. The lowest BCUT2D eigenvalue weighted by molar-refractivity contribution is -0.141. The molecule has 198 valence electrons. The Labute approximate surface area is 219 Å². The van der Waals surface area contributed by atoms with E-state index >= 15 is 0 Å². The fourth-order valence-electron chi connectivity index (χ4n) is 5.94. The van der Waals surface area contributed by atoms with Crippen LogP contribution in [0.1, 0.15) is 34.2 Å². The maximum absolute atomic E-state index is 13.5. The van der Waals surface area contributed by atoms with Crippen LogP contribution in [-0.4, -0.2) is 40.7 Å². The van der Waals surface area contributed by atoms with Gasteiger partial charge in [-0.15, -0.1) is 0 Å². The first kappa shape index (κ1) is 24.4. The summed E-state index contributed by atoms with van der Waals surface area (Å²) < 4.78 is 47.3. The first-order chi connectivity index (χ1) is 18.5. The Bertz CT molecular complexity index is 1350. The van der Waals surface area contributed by atoms with Crippen LogP contribution < -0.4 is 29.0 Å². The Morgan fingerprint density at radius 3 is 2.18 bits per heavy atom. The van der Waals surface area contributed by atoms with Crippen LogP contribution in [0.15, 0.2) is 48.5 Å². The van der Waals surface area contributed by atoms with Crippen molar-refractivity contribution in [3.8, 4) is 28.7 Å². The number of cyclic esters (lactones) is 1. The third-order valence-corrected chi connectivity index (χ3v) is 7.67. The lowest BCUT2D eigenvalue weighted by Gasteiger charge is -2.39. The van der Waals surface area contributed by atoms with E-state index in [1.807, 2.05) is 24.3 Å². The Morgan fingerprint density at radius 2 is 1.55 bits per heavy atom. The van der Waals surface area contributed by atoms with Crippen molar-refractivity contribution in [2.75, 3.05) is 34.7 Å². The van der Waals surface area contributed by atoms with Gasteiger partial charge >= 0.3 is 5.97 Å². The maximum atomic E-state index is 13.5. The van der Waals surface area contributed by atoms with Crippen molar-refractivity contribution < 1.29 is 37.6 Å². The van der Waals surface area contributed by atoms with Crippen molar-refractivity contribution in [1.82, 2.24) is 5.32 Å². The van der Waals surface area contributed by atoms with Crippen molar-refractivity contribution in [2.24, 2.45) is 11.8 Å². The van der Waals surface area contributed by atoms with E-state index in [0.29, 0.717) is 35.3 Å². The molecule has 0 spiro atoms. The van der Waals surface area contributed by atoms with Crippen molar-refractivity contribution in [1.29, 1.82) is 0 Å². The summed E-state index contributed by atoms with van der Waals surface area (Å²) >= 11 is 0. The highest BCUT2D eigenvalue weighted by Gasteiger charge is 2.52. The number of carbonyl (C=O) groups is 1. The van der Waals surface area contributed by atoms with Gasteiger partial charge in [0.05, 0.1) is 33.9 Å². The molecule has 1 N–H and O–H groups in total. The summed E-state index contributed by atoms with van der Waals surface area (Å²) in [7, 11) is 4.68. The molecule has 8 nitrogen and oxygen atoms in total. The van der Waals surface area contributed by atoms with Gasteiger partial charge in [-0.2, -0.15) is 0 Å². The van der Waals surface area contributed by atoms with Crippen molar-refractivity contribution in [2.45, 2.75) is 18.5 Å². The molecule has 38 heavy (non-hydrogen) atoms. The molecule has 1 saturated heterocycles. The average Bonchev–Trinajstić information content (AvgIpc) is 3.56. The van der Waals surface area contributed by atoms with Gasteiger partial charge in [0.25, 0.3) is 0 Å². The topological polar surface area (TPSA) is 84.5 Å². The van der Waals surface area contributed by atoms with E-state index in [0.717, 1.165) is 22.3 Å². The minimum atomic E-state index is -0.462. The van der Waals surface area contributed by atoms with E-state index in [9.17, 15) is 9.18 Å². The molecule has 9 heteroatoms. The van der Waals surface area contributed by atoms with Gasteiger partial charge in [0.15, 0.2) is 23.0 Å². The van der Waals surface area contributed by atoms with E-state index in [2.05, 4.69) is 5.32 Å². The second-order valence-corrected chi connectivity index (χ2v) is 9.58. The molecule has 3 aliphatic rings. The van der Waals surface area contributed by atoms with Gasteiger partial charge in [-0.1, -0.05) is 12.1 Å². The van der Waals surface area contributed by atoms with Gasteiger partial charge < -0.3 is 33.7 Å². The Hall–Kier alpha value is -3.98. The molecule has 6 rings (SSSR count). The first-order valence-electron chi connectivity index (χ1n) is 12.4. The third kappa shape index (κ3) is 3.98. The number of fused-ring (bicyclic) bond motifs is 3. The van der Waals surface area contributed by atoms with Gasteiger partial charge in [-0.05, 0) is 58.7 Å². The summed E-state index contributed by atoms with van der Waals surface area (Å²) in [6.07, 6.45) is 0. The molecule has 3 aromatic carbocycles. The van der Waals surface area contributed by atoms with Crippen LogP contribution in [0.5, 0.6) is 28.7 Å². The lowest BCUT2D eigenvalue weighted by atomic mass is 9.65. The lowest BCUT2D eigenvalue weighted by Crippen LogP contribution is -2.40. The van der Waals surface area contributed by atoms with Crippen LogP contribution in [0.2, 0.25) is 0 Å². The summed E-state index contributed by atoms with van der Waals surface area (Å²) in [5, 5.41) is 3.61. The maximum Gasteiger partial charge on any atom is 0.310 e. The number of esters is 1. The van der Waals surface area contributed by atoms with E-state index < -0.39 is 5.92 Å². The van der Waals surface area contributed by atoms with Crippen LogP contribution >= 0.6 is 0 Å². The minimum Gasteiger partial charge on any atom is -0.493 e. The normalized spacial score (nSPS) is 22.9. The molecular formula is C29H28FNO7. The second kappa shape index (κ2) is 9.72. The smallest absolute Gasteiger partial charge is 0.310 e. The number of benzene rings is 3. The van der Waals surface area contributed by atoms with Crippen LogP contribution in [-0.2, 0) is 16.1 Å². The Balaban J connectivity index is 1.49. The van der Waals surface area contributed by atoms with E-state index in [4.69, 9.17) is 28.4 Å². The molecule has 1 aliphatic carbocycles. The number of methoxy groups -OCH3 is 3. The number of ether oxygens (including phenoxy) is 6. The fourth-order valence-corrected chi connectivity index (χ4v) is 5.94. The zero-order valence-corrected chi connectivity index (χ0v) is 21.3. The first-order valence-corrected chi connectivity index (χ1v) is 12.4. The molecule has 0 radical (unpaired) electrons. The zero-order valence-electron chi connectivity index (χ0n) is 21.3. The van der Waals surface area contributed by atoms with Gasteiger partial charge in [0.1, 0.15) is 5.82 Å². The van der Waals surface area contributed by atoms with Crippen molar-refractivity contribution in [3.05, 3.63) is 76.6 Å². The Morgan fingerprint density at radius 1 is 0.895 bits per heavy atom. The van der Waals surface area contributed by atoms with Gasteiger partial charge in [-0.3, -0.25) is 4.79 Å². The predicted octanol–water partition coefficient (Wildman–Crippen LogP) is 4.35. The number of carbonyl (C=O) groups excluding carboxylic acids is 1. The van der Waals surface area contributed by atoms with Crippen LogP contribution in [0, 0.1) is 17.7 Å². The van der Waals surface area contributed by atoms with E-state index in [-0.39, 0.29) is 43.1 Å². The van der Waals surface area contributed by atoms with Gasteiger partial charge in [0, 0.05) is 24.4 Å². The molecule has 0 saturated carbocycles.